The second-order valence-corrected chi connectivity index (χ2v) is 13.4. The first-order valence-electron chi connectivity index (χ1n) is 17.2. The lowest BCUT2D eigenvalue weighted by Gasteiger charge is -2.15. The van der Waals surface area contributed by atoms with Crippen LogP contribution < -0.4 is 24.3 Å². The summed E-state index contributed by atoms with van der Waals surface area (Å²) in [6.07, 6.45) is 7.31. The minimum Gasteiger partial charge on any atom is -0.495 e. The molecule has 0 aliphatic rings. The molecule has 0 bridgehead atoms. The number of amides is 1. The Bertz CT molecular complexity index is 2680. The fourth-order valence-electron chi connectivity index (χ4n) is 6.14. The molecule has 0 unspecified atom stereocenters. The van der Waals surface area contributed by atoms with Crippen LogP contribution >= 0.6 is 23.2 Å². The van der Waals surface area contributed by atoms with E-state index in [9.17, 15) is 19.1 Å². The van der Waals surface area contributed by atoms with Gasteiger partial charge in [0.1, 0.15) is 22.5 Å². The van der Waals surface area contributed by atoms with E-state index in [0.717, 1.165) is 5.69 Å². The van der Waals surface area contributed by atoms with Crippen LogP contribution in [-0.2, 0) is 6.54 Å². The summed E-state index contributed by atoms with van der Waals surface area (Å²) in [4.78, 5) is 50.6. The molecule has 19 heteroatoms. The first-order chi connectivity index (χ1) is 28.3. The normalized spacial score (nSPS) is 11.0. The van der Waals surface area contributed by atoms with E-state index in [4.69, 9.17) is 42.1 Å². The Morgan fingerprint density at radius 3 is 1.58 bits per heavy atom. The molecule has 3 aromatic heterocycles. The fraction of sp³-hybridized carbons (Fsp3) is 0.175. The van der Waals surface area contributed by atoms with Crippen molar-refractivity contribution in [3.8, 4) is 45.3 Å². The molecule has 0 saturated heterocycles. The second-order valence-electron chi connectivity index (χ2n) is 12.7. The maximum Gasteiger partial charge on any atom is 0.337 e. The number of rotatable bonds is 11. The largest absolute Gasteiger partial charge is 0.495 e. The lowest BCUT2D eigenvalue weighted by Crippen LogP contribution is -2.15. The van der Waals surface area contributed by atoms with Crippen molar-refractivity contribution in [2.75, 3.05) is 47.9 Å². The number of carbonyl (C=O) groups excluding carboxylic acids is 1. The predicted octanol–water partition coefficient (Wildman–Crippen LogP) is 7.95. The van der Waals surface area contributed by atoms with Gasteiger partial charge in [0.15, 0.2) is 23.1 Å². The average Bonchev–Trinajstić information content (AvgIpc) is 3.66. The third-order valence-electron chi connectivity index (χ3n) is 8.76. The molecular formula is C40H34Cl2F2N8O7. The molecular weight excluding hydrogens is 813 g/mol. The zero-order chi connectivity index (χ0) is 42.5. The maximum absolute atomic E-state index is 15.3. The highest BCUT2D eigenvalue weighted by Gasteiger charge is 2.26. The minimum atomic E-state index is -1.16. The van der Waals surface area contributed by atoms with Gasteiger partial charge in [0, 0.05) is 65.7 Å². The van der Waals surface area contributed by atoms with Crippen molar-refractivity contribution < 1.29 is 42.4 Å². The number of H-pyrrole nitrogens is 1. The average molecular weight is 848 g/mol. The zero-order valence-electron chi connectivity index (χ0n) is 32.1. The van der Waals surface area contributed by atoms with Crippen LogP contribution in [0.25, 0.3) is 44.3 Å². The Balaban J connectivity index is 0.000000208. The number of ether oxygens (including phenoxy) is 4. The topological polar surface area (TPSA) is 187 Å². The van der Waals surface area contributed by atoms with Gasteiger partial charge in [-0.2, -0.15) is 0 Å². The molecule has 0 aliphatic heterocycles. The Morgan fingerprint density at radius 2 is 1.14 bits per heavy atom. The third-order valence-corrected chi connectivity index (χ3v) is 9.51. The molecule has 7 rings (SSSR count). The first kappa shape index (κ1) is 41.9. The molecule has 0 saturated carbocycles. The quantitative estimate of drug-likeness (QED) is 0.114. The molecule has 7 aromatic rings. The maximum atomic E-state index is 15.3. The zero-order valence-corrected chi connectivity index (χ0v) is 33.7. The molecule has 1 amide bonds. The molecule has 0 fully saturated rings. The fourth-order valence-corrected chi connectivity index (χ4v) is 6.77. The number of methoxy groups -OCH3 is 4. The lowest BCUT2D eigenvalue weighted by molar-refractivity contribution is 0.0698. The molecule has 3 N–H and O–H groups in total. The van der Waals surface area contributed by atoms with Gasteiger partial charge in [0.25, 0.3) is 5.91 Å². The van der Waals surface area contributed by atoms with Crippen LogP contribution in [0.1, 0.15) is 26.4 Å². The SMILES string of the molecule is COc1cc(OC)c(Cl)c(-c2ccc(C(=O)Nc3ncc(CN(C)C)[nH]3)c3nccnc23)c1F.COc1cc(OC)c(Cl)c(-c2ccc(C(=O)O)c3nccnc23)c1F. The van der Waals surface area contributed by atoms with Crippen LogP contribution in [0.3, 0.4) is 0 Å². The van der Waals surface area contributed by atoms with E-state index in [2.05, 4.69) is 35.2 Å². The number of aromatic nitrogens is 6. The first-order valence-corrected chi connectivity index (χ1v) is 18.0. The predicted molar refractivity (Wildman–Crippen MR) is 217 cm³/mol. The van der Waals surface area contributed by atoms with Crippen molar-refractivity contribution in [3.05, 3.63) is 106 Å². The summed E-state index contributed by atoms with van der Waals surface area (Å²) in [7, 11) is 9.34. The molecule has 59 heavy (non-hydrogen) atoms. The van der Waals surface area contributed by atoms with E-state index in [1.54, 1.807) is 12.3 Å². The van der Waals surface area contributed by atoms with Crippen LogP contribution in [0.5, 0.6) is 23.0 Å². The summed E-state index contributed by atoms with van der Waals surface area (Å²) in [5.41, 5.74) is 2.60. The number of aromatic carboxylic acids is 1. The monoisotopic (exact) mass is 846 g/mol. The number of carboxylic acid groups (broad SMARTS) is 1. The van der Waals surface area contributed by atoms with Crippen molar-refractivity contribution in [1.82, 2.24) is 34.8 Å². The number of nitrogens with one attached hydrogen (secondary N) is 2. The van der Waals surface area contributed by atoms with Gasteiger partial charge in [0.05, 0.1) is 72.5 Å². The highest BCUT2D eigenvalue weighted by molar-refractivity contribution is 6.36. The number of benzene rings is 4. The number of halogens is 4. The van der Waals surface area contributed by atoms with E-state index in [1.165, 1.54) is 83.6 Å². The molecule has 0 aliphatic carbocycles. The van der Waals surface area contributed by atoms with E-state index in [0.29, 0.717) is 23.6 Å². The summed E-state index contributed by atoms with van der Waals surface area (Å²) >= 11 is 12.8. The van der Waals surface area contributed by atoms with E-state index in [-0.39, 0.29) is 77.4 Å². The number of anilines is 1. The second kappa shape index (κ2) is 17.8. The van der Waals surface area contributed by atoms with Crippen LogP contribution in [0.2, 0.25) is 10.0 Å². The summed E-state index contributed by atoms with van der Waals surface area (Å²) in [5.74, 6) is -2.34. The third kappa shape index (κ3) is 8.34. The number of hydrogen-bond acceptors (Lipinski definition) is 12. The van der Waals surface area contributed by atoms with Crippen molar-refractivity contribution in [2.24, 2.45) is 0 Å². The molecule has 4 aromatic carbocycles. The van der Waals surface area contributed by atoms with Crippen molar-refractivity contribution in [2.45, 2.75) is 6.54 Å². The van der Waals surface area contributed by atoms with Crippen LogP contribution in [0, 0.1) is 11.6 Å². The standard InChI is InChI=1S/C23H22ClFN6O3.C17H12ClFN2O4/c1-31(2)11-12-10-28-23(29-12)30-22(32)14-6-5-13(20-21(14)27-8-7-26-20)17-18(24)15(33-3)9-16(34-4)19(17)25;1-24-10-7-11(25-2)14(19)12(13(10)18)8-3-4-9(17(22)23)16-15(8)20-5-6-21-16/h5-10H,11H2,1-4H3,(H2,28,29,30,32);3-7H,1-2H3,(H,22,23). The van der Waals surface area contributed by atoms with Gasteiger partial charge in [-0.05, 0) is 26.2 Å². The molecule has 3 heterocycles. The Hall–Kier alpha value is -6.69. The number of carbonyl (C=O) groups is 2. The van der Waals surface area contributed by atoms with Crippen molar-refractivity contribution in [1.29, 1.82) is 0 Å². The summed E-state index contributed by atoms with van der Waals surface area (Å²) < 4.78 is 50.8. The Kier molecular flexibility index (Phi) is 12.7. The smallest absolute Gasteiger partial charge is 0.337 e. The van der Waals surface area contributed by atoms with Crippen LogP contribution in [-0.4, -0.2) is 94.3 Å². The number of fused-ring (bicyclic) bond motifs is 2. The van der Waals surface area contributed by atoms with E-state index in [1.807, 2.05) is 19.0 Å². The highest BCUT2D eigenvalue weighted by atomic mass is 35.5. The summed E-state index contributed by atoms with van der Waals surface area (Å²) in [6.45, 7) is 0.641. The van der Waals surface area contributed by atoms with E-state index >= 15 is 4.39 Å². The molecule has 0 atom stereocenters. The van der Waals surface area contributed by atoms with Gasteiger partial charge in [0.2, 0.25) is 5.95 Å². The van der Waals surface area contributed by atoms with Crippen LogP contribution in [0.4, 0.5) is 14.7 Å². The van der Waals surface area contributed by atoms with Crippen LogP contribution in [0.15, 0.2) is 67.4 Å². The van der Waals surface area contributed by atoms with Gasteiger partial charge in [-0.3, -0.25) is 30.0 Å². The number of aromatic amines is 1. The molecule has 15 nitrogen and oxygen atoms in total. The van der Waals surface area contributed by atoms with Crippen molar-refractivity contribution >= 4 is 63.1 Å². The number of carboxylic acids is 1. The molecule has 0 radical (unpaired) electrons. The van der Waals surface area contributed by atoms with Gasteiger partial charge >= 0.3 is 5.97 Å². The summed E-state index contributed by atoms with van der Waals surface area (Å²) in [6, 6.07) is 8.56. The number of hydrogen-bond donors (Lipinski definition) is 3. The van der Waals surface area contributed by atoms with Gasteiger partial charge < -0.3 is 33.9 Å². The summed E-state index contributed by atoms with van der Waals surface area (Å²) in [5, 5.41) is 12.1. The number of imidazole rings is 1. The molecule has 304 valence electrons. The van der Waals surface area contributed by atoms with Gasteiger partial charge in [-0.1, -0.05) is 35.3 Å². The minimum absolute atomic E-state index is 0.000283. The number of nitrogens with zero attached hydrogens (tertiary/aromatic N) is 6. The lowest BCUT2D eigenvalue weighted by atomic mass is 9.99. The molecule has 0 spiro atoms. The van der Waals surface area contributed by atoms with Crippen molar-refractivity contribution in [3.63, 3.8) is 0 Å². The van der Waals surface area contributed by atoms with E-state index < -0.39 is 23.5 Å². The Labute approximate surface area is 344 Å². The Morgan fingerprint density at radius 1 is 0.695 bits per heavy atom. The highest BCUT2D eigenvalue weighted by Crippen LogP contribution is 2.45. The van der Waals surface area contributed by atoms with Gasteiger partial charge in [-0.25, -0.2) is 18.6 Å². The van der Waals surface area contributed by atoms with Gasteiger partial charge in [-0.15, -0.1) is 0 Å².